The highest BCUT2D eigenvalue weighted by atomic mass is 32.1. The van der Waals surface area contributed by atoms with Gasteiger partial charge in [0.05, 0.1) is 23.5 Å². The van der Waals surface area contributed by atoms with Crippen LogP contribution in [-0.4, -0.2) is 60.1 Å². The van der Waals surface area contributed by atoms with E-state index in [-0.39, 0.29) is 24.2 Å². The number of hydrogen-bond donors (Lipinski definition) is 2. The summed E-state index contributed by atoms with van der Waals surface area (Å²) in [5.74, 6) is -0.0585. The van der Waals surface area contributed by atoms with Gasteiger partial charge in [0.2, 0.25) is 0 Å². The lowest BCUT2D eigenvalue weighted by Crippen LogP contribution is -2.52. The van der Waals surface area contributed by atoms with Gasteiger partial charge in [-0.2, -0.15) is 4.37 Å². The van der Waals surface area contributed by atoms with Crippen molar-refractivity contribution in [1.82, 2.24) is 14.6 Å². The Morgan fingerprint density at radius 2 is 2.09 bits per heavy atom. The lowest BCUT2D eigenvalue weighted by molar-refractivity contribution is -0.0778. The van der Waals surface area contributed by atoms with Crippen molar-refractivity contribution in [3.63, 3.8) is 0 Å². The minimum Gasteiger partial charge on any atom is -0.378 e. The maximum atomic E-state index is 12.4. The molecule has 0 radical (unpaired) electrons. The zero-order valence-electron chi connectivity index (χ0n) is 14.0. The number of nitrogens with one attached hydrogen (secondary N) is 2. The van der Waals surface area contributed by atoms with Gasteiger partial charge in [0, 0.05) is 32.7 Å². The molecule has 1 aliphatic rings. The minimum atomic E-state index is -0.0585. The molecule has 0 unspecified atom stereocenters. The second kappa shape index (κ2) is 7.39. The molecule has 0 spiro atoms. The van der Waals surface area contributed by atoms with E-state index < -0.39 is 0 Å². The Hall–Kier alpha value is -1.18. The fourth-order valence-corrected chi connectivity index (χ4v) is 3.59. The van der Waals surface area contributed by atoms with Crippen LogP contribution in [-0.2, 0) is 4.74 Å². The number of carbonyl (C=O) groups is 1. The number of ether oxygens (including phenoxy) is 1. The fraction of sp³-hybridized carbons (Fsp3) is 0.733. The molecule has 0 saturated carbocycles. The second-order valence-electron chi connectivity index (χ2n) is 5.99. The predicted molar refractivity (Wildman–Crippen MR) is 89.8 cm³/mol. The summed E-state index contributed by atoms with van der Waals surface area (Å²) in [7, 11) is 1.81. The Labute approximate surface area is 136 Å². The molecule has 6 nitrogen and oxygen atoms in total. The lowest BCUT2D eigenvalue weighted by Gasteiger charge is -2.39. The molecular weight excluding hydrogens is 300 g/mol. The first-order chi connectivity index (χ1) is 10.4. The molecule has 124 valence electrons. The third-order valence-electron chi connectivity index (χ3n) is 3.95. The van der Waals surface area contributed by atoms with Crippen LogP contribution in [0.1, 0.15) is 36.8 Å². The van der Waals surface area contributed by atoms with Gasteiger partial charge in [-0.15, -0.1) is 0 Å². The molecule has 1 aliphatic heterocycles. The average molecular weight is 326 g/mol. The molecule has 0 aliphatic carbocycles. The Morgan fingerprint density at radius 1 is 1.45 bits per heavy atom. The Balaban J connectivity index is 1.91. The van der Waals surface area contributed by atoms with Crippen LogP contribution in [0.25, 0.3) is 0 Å². The molecule has 22 heavy (non-hydrogen) atoms. The highest BCUT2D eigenvalue weighted by Gasteiger charge is 2.26. The van der Waals surface area contributed by atoms with Crippen molar-refractivity contribution in [1.29, 1.82) is 0 Å². The van der Waals surface area contributed by atoms with Gasteiger partial charge in [-0.05, 0) is 39.2 Å². The lowest BCUT2D eigenvalue weighted by atomic mass is 10.1. The summed E-state index contributed by atoms with van der Waals surface area (Å²) in [6.07, 6.45) is 0.474. The van der Waals surface area contributed by atoms with Gasteiger partial charge in [0.1, 0.15) is 5.00 Å². The Bertz CT molecular complexity index is 510. The molecular formula is C15H26N4O2S. The Kier molecular flexibility index (Phi) is 5.77. The highest BCUT2D eigenvalue weighted by Crippen LogP contribution is 2.23. The summed E-state index contributed by atoms with van der Waals surface area (Å²) < 4.78 is 9.99. The molecule has 0 bridgehead atoms. The van der Waals surface area contributed by atoms with Crippen LogP contribution in [0.2, 0.25) is 0 Å². The summed E-state index contributed by atoms with van der Waals surface area (Å²) in [6, 6.07) is 0.280. The number of rotatable bonds is 5. The van der Waals surface area contributed by atoms with E-state index in [4.69, 9.17) is 4.74 Å². The molecule has 1 fully saturated rings. The number of aromatic nitrogens is 1. The first kappa shape index (κ1) is 17.2. The predicted octanol–water partition coefficient (Wildman–Crippen LogP) is 1.72. The molecule has 2 N–H and O–H groups in total. The van der Waals surface area contributed by atoms with Crippen LogP contribution in [0.4, 0.5) is 5.00 Å². The van der Waals surface area contributed by atoms with E-state index in [0.29, 0.717) is 12.1 Å². The SMILES string of the molecule is CNc1snc(C)c1C(=O)NC[C@H](C)N1C[C@@H](C)O[C@H](C)C1. The second-order valence-corrected chi connectivity index (χ2v) is 6.77. The molecule has 1 aromatic rings. The third kappa shape index (κ3) is 3.97. The molecule has 2 heterocycles. The van der Waals surface area contributed by atoms with Gasteiger partial charge < -0.3 is 15.4 Å². The number of hydrogen-bond acceptors (Lipinski definition) is 6. The number of nitrogens with zero attached hydrogens (tertiary/aromatic N) is 2. The van der Waals surface area contributed by atoms with Crippen LogP contribution in [0.5, 0.6) is 0 Å². The van der Waals surface area contributed by atoms with E-state index >= 15 is 0 Å². The molecule has 1 amide bonds. The van der Waals surface area contributed by atoms with Gasteiger partial charge in [-0.1, -0.05) is 0 Å². The van der Waals surface area contributed by atoms with E-state index in [2.05, 4.69) is 40.7 Å². The molecule has 2 rings (SSSR count). The van der Waals surface area contributed by atoms with Crippen molar-refractivity contribution in [3.05, 3.63) is 11.3 Å². The van der Waals surface area contributed by atoms with E-state index in [1.165, 1.54) is 11.5 Å². The van der Waals surface area contributed by atoms with Gasteiger partial charge in [0.15, 0.2) is 0 Å². The summed E-state index contributed by atoms with van der Waals surface area (Å²) in [6.45, 7) is 10.6. The van der Waals surface area contributed by atoms with Crippen LogP contribution < -0.4 is 10.6 Å². The normalized spacial score (nSPS) is 24.0. The highest BCUT2D eigenvalue weighted by molar-refractivity contribution is 7.10. The standard InChI is InChI=1S/C15H26N4O2S/c1-9(19-7-10(2)21-11(3)8-19)6-17-14(20)13-12(4)18-22-15(13)16-5/h9-11,16H,6-8H2,1-5H3,(H,17,20)/t9-,10+,11+/m0/s1. The monoisotopic (exact) mass is 326 g/mol. The van der Waals surface area contributed by atoms with Gasteiger partial charge in [-0.3, -0.25) is 9.69 Å². The van der Waals surface area contributed by atoms with Gasteiger partial charge >= 0.3 is 0 Å². The molecule has 7 heteroatoms. The third-order valence-corrected chi connectivity index (χ3v) is 4.90. The van der Waals surface area contributed by atoms with Crippen LogP contribution >= 0.6 is 11.5 Å². The molecule has 3 atom stereocenters. The van der Waals surface area contributed by atoms with Crippen molar-refractivity contribution in [2.45, 2.75) is 45.9 Å². The van der Waals surface area contributed by atoms with Crippen molar-refractivity contribution >= 4 is 22.4 Å². The quantitative estimate of drug-likeness (QED) is 0.862. The van der Waals surface area contributed by atoms with E-state index in [1.54, 1.807) is 0 Å². The summed E-state index contributed by atoms with van der Waals surface area (Å²) in [5, 5.41) is 6.88. The number of carbonyl (C=O) groups excluding carboxylic acids is 1. The smallest absolute Gasteiger partial charge is 0.256 e. The van der Waals surface area contributed by atoms with E-state index in [1.807, 2.05) is 14.0 Å². The average Bonchev–Trinajstić information content (AvgIpc) is 2.84. The summed E-state index contributed by atoms with van der Waals surface area (Å²) >= 11 is 1.32. The van der Waals surface area contributed by atoms with Crippen molar-refractivity contribution < 1.29 is 9.53 Å². The van der Waals surface area contributed by atoms with Crippen molar-refractivity contribution in [3.8, 4) is 0 Å². The zero-order valence-corrected chi connectivity index (χ0v) is 14.8. The molecule has 1 aromatic heterocycles. The summed E-state index contributed by atoms with van der Waals surface area (Å²) in [5.41, 5.74) is 1.43. The number of aryl methyl sites for hydroxylation is 1. The fourth-order valence-electron chi connectivity index (χ4n) is 2.84. The molecule has 0 aromatic carbocycles. The van der Waals surface area contributed by atoms with E-state index in [9.17, 15) is 4.79 Å². The number of morpholine rings is 1. The minimum absolute atomic E-state index is 0.0585. The number of amides is 1. The topological polar surface area (TPSA) is 66.5 Å². The summed E-state index contributed by atoms with van der Waals surface area (Å²) in [4.78, 5) is 14.8. The number of anilines is 1. The first-order valence-corrected chi connectivity index (χ1v) is 8.51. The van der Waals surface area contributed by atoms with Crippen molar-refractivity contribution in [2.24, 2.45) is 0 Å². The van der Waals surface area contributed by atoms with Crippen LogP contribution in [0, 0.1) is 6.92 Å². The maximum absolute atomic E-state index is 12.4. The maximum Gasteiger partial charge on any atom is 0.256 e. The van der Waals surface area contributed by atoms with Gasteiger partial charge in [0.25, 0.3) is 5.91 Å². The van der Waals surface area contributed by atoms with Crippen LogP contribution in [0.3, 0.4) is 0 Å². The van der Waals surface area contributed by atoms with Crippen molar-refractivity contribution in [2.75, 3.05) is 32.0 Å². The molecule has 1 saturated heterocycles. The van der Waals surface area contributed by atoms with Crippen LogP contribution in [0.15, 0.2) is 0 Å². The van der Waals surface area contributed by atoms with Gasteiger partial charge in [-0.25, -0.2) is 0 Å². The largest absolute Gasteiger partial charge is 0.378 e. The zero-order chi connectivity index (χ0) is 16.3. The Morgan fingerprint density at radius 3 is 2.68 bits per heavy atom. The first-order valence-electron chi connectivity index (χ1n) is 7.74. The van der Waals surface area contributed by atoms with E-state index in [0.717, 1.165) is 23.8 Å².